The van der Waals surface area contributed by atoms with Crippen molar-refractivity contribution in [2.45, 2.75) is 20.3 Å². The van der Waals surface area contributed by atoms with E-state index in [0.717, 1.165) is 23.9 Å². The van der Waals surface area contributed by atoms with Crippen molar-refractivity contribution in [1.29, 1.82) is 0 Å². The van der Waals surface area contributed by atoms with Crippen molar-refractivity contribution in [3.8, 4) is 0 Å². The molecule has 2 rings (SSSR count). The Balaban J connectivity index is 2.08. The second kappa shape index (κ2) is 5.31. The van der Waals surface area contributed by atoms with Gasteiger partial charge in [-0.25, -0.2) is 9.97 Å². The zero-order valence-corrected chi connectivity index (χ0v) is 10.8. The summed E-state index contributed by atoms with van der Waals surface area (Å²) in [4.78, 5) is 8.74. The standard InChI is InChI=1S/C14H19N3O/c1-14(2,7-8-18)10-16-13-15-9-11-5-3-4-6-12(11)17-13/h3-6,9,18H,7-8,10H2,1-2H3,(H,15,16,17). The molecule has 0 spiro atoms. The topological polar surface area (TPSA) is 58.0 Å². The van der Waals surface area contributed by atoms with Gasteiger partial charge in [-0.3, -0.25) is 0 Å². The number of hydrogen-bond donors (Lipinski definition) is 2. The summed E-state index contributed by atoms with van der Waals surface area (Å²) in [6, 6.07) is 7.91. The average Bonchev–Trinajstić information content (AvgIpc) is 2.36. The first-order valence-electron chi connectivity index (χ1n) is 6.17. The molecule has 0 aliphatic heterocycles. The van der Waals surface area contributed by atoms with Crippen LogP contribution in [0.3, 0.4) is 0 Å². The second-order valence-corrected chi connectivity index (χ2v) is 5.24. The Bertz CT molecular complexity index is 525. The van der Waals surface area contributed by atoms with Crippen molar-refractivity contribution in [2.75, 3.05) is 18.5 Å². The molecule has 4 heteroatoms. The lowest BCUT2D eigenvalue weighted by atomic mass is 9.90. The number of fused-ring (bicyclic) bond motifs is 1. The van der Waals surface area contributed by atoms with Gasteiger partial charge in [0.15, 0.2) is 0 Å². The molecule has 0 fully saturated rings. The highest BCUT2D eigenvalue weighted by Gasteiger charge is 2.17. The van der Waals surface area contributed by atoms with E-state index in [1.807, 2.05) is 30.5 Å². The number of nitrogens with zero attached hydrogens (tertiary/aromatic N) is 2. The van der Waals surface area contributed by atoms with E-state index in [1.54, 1.807) is 0 Å². The van der Waals surface area contributed by atoms with Crippen molar-refractivity contribution in [3.05, 3.63) is 30.5 Å². The molecule has 0 unspecified atom stereocenters. The first-order chi connectivity index (χ1) is 8.61. The molecule has 1 aromatic heterocycles. The van der Waals surface area contributed by atoms with Crippen LogP contribution in [-0.4, -0.2) is 28.2 Å². The highest BCUT2D eigenvalue weighted by Crippen LogP contribution is 2.20. The van der Waals surface area contributed by atoms with Crippen molar-refractivity contribution < 1.29 is 5.11 Å². The lowest BCUT2D eigenvalue weighted by molar-refractivity contribution is 0.220. The molecule has 2 N–H and O–H groups in total. The normalized spacial score (nSPS) is 11.7. The summed E-state index contributed by atoms with van der Waals surface area (Å²) in [7, 11) is 0. The highest BCUT2D eigenvalue weighted by molar-refractivity contribution is 5.78. The van der Waals surface area contributed by atoms with Gasteiger partial charge in [-0.05, 0) is 17.9 Å². The molecule has 0 amide bonds. The fourth-order valence-corrected chi connectivity index (χ4v) is 1.77. The lowest BCUT2D eigenvalue weighted by Crippen LogP contribution is -2.25. The largest absolute Gasteiger partial charge is 0.396 e. The molecule has 18 heavy (non-hydrogen) atoms. The van der Waals surface area contributed by atoms with E-state index < -0.39 is 0 Å². The van der Waals surface area contributed by atoms with Gasteiger partial charge in [-0.15, -0.1) is 0 Å². The van der Waals surface area contributed by atoms with Gasteiger partial charge in [0.1, 0.15) is 0 Å². The number of aliphatic hydroxyl groups excluding tert-OH is 1. The summed E-state index contributed by atoms with van der Waals surface area (Å²) >= 11 is 0. The summed E-state index contributed by atoms with van der Waals surface area (Å²) in [6.07, 6.45) is 2.58. The van der Waals surface area contributed by atoms with Crippen LogP contribution in [0.25, 0.3) is 10.9 Å². The van der Waals surface area contributed by atoms with Crippen LogP contribution in [0.2, 0.25) is 0 Å². The lowest BCUT2D eigenvalue weighted by Gasteiger charge is -2.23. The molecule has 0 radical (unpaired) electrons. The van der Waals surface area contributed by atoms with Gasteiger partial charge in [-0.1, -0.05) is 32.0 Å². The number of para-hydroxylation sites is 1. The summed E-state index contributed by atoms with van der Waals surface area (Å²) in [5, 5.41) is 13.2. The van der Waals surface area contributed by atoms with Crippen LogP contribution in [0.15, 0.2) is 30.5 Å². The van der Waals surface area contributed by atoms with Gasteiger partial charge in [0.2, 0.25) is 5.95 Å². The first-order valence-corrected chi connectivity index (χ1v) is 6.17. The van der Waals surface area contributed by atoms with Crippen LogP contribution < -0.4 is 5.32 Å². The molecule has 96 valence electrons. The van der Waals surface area contributed by atoms with E-state index in [4.69, 9.17) is 5.11 Å². The SMILES string of the molecule is CC(C)(CCO)CNc1ncc2ccccc2n1. The monoisotopic (exact) mass is 245 g/mol. The molecule has 2 aromatic rings. The van der Waals surface area contributed by atoms with Gasteiger partial charge in [-0.2, -0.15) is 0 Å². The van der Waals surface area contributed by atoms with Gasteiger partial charge in [0.25, 0.3) is 0 Å². The summed E-state index contributed by atoms with van der Waals surface area (Å²) < 4.78 is 0. The summed E-state index contributed by atoms with van der Waals surface area (Å²) in [5.41, 5.74) is 0.971. The number of nitrogens with one attached hydrogen (secondary N) is 1. The Labute approximate surface area is 107 Å². The minimum absolute atomic E-state index is 0.0315. The molecule has 0 aliphatic rings. The molecule has 0 saturated heterocycles. The molecule has 1 heterocycles. The van der Waals surface area contributed by atoms with E-state index in [9.17, 15) is 0 Å². The van der Waals surface area contributed by atoms with Crippen LogP contribution >= 0.6 is 0 Å². The Hall–Kier alpha value is -1.68. The van der Waals surface area contributed by atoms with Crippen molar-refractivity contribution in [1.82, 2.24) is 9.97 Å². The zero-order valence-electron chi connectivity index (χ0n) is 10.8. The van der Waals surface area contributed by atoms with Gasteiger partial charge < -0.3 is 10.4 Å². The number of benzene rings is 1. The van der Waals surface area contributed by atoms with Crippen LogP contribution in [0.4, 0.5) is 5.95 Å². The number of hydrogen-bond acceptors (Lipinski definition) is 4. The minimum Gasteiger partial charge on any atom is -0.396 e. The van der Waals surface area contributed by atoms with Crippen LogP contribution in [0.1, 0.15) is 20.3 Å². The first kappa shape index (κ1) is 12.8. The van der Waals surface area contributed by atoms with Gasteiger partial charge in [0, 0.05) is 24.7 Å². The fraction of sp³-hybridized carbons (Fsp3) is 0.429. The Morgan fingerprint density at radius 1 is 1.28 bits per heavy atom. The summed E-state index contributed by atoms with van der Waals surface area (Å²) in [6.45, 7) is 5.16. The number of rotatable bonds is 5. The van der Waals surface area contributed by atoms with Crippen molar-refractivity contribution >= 4 is 16.9 Å². The molecule has 4 nitrogen and oxygen atoms in total. The predicted octanol–water partition coefficient (Wildman–Crippen LogP) is 2.45. The average molecular weight is 245 g/mol. The van der Waals surface area contributed by atoms with E-state index in [0.29, 0.717) is 5.95 Å². The number of aromatic nitrogens is 2. The third-order valence-corrected chi connectivity index (χ3v) is 3.00. The molecule has 0 aliphatic carbocycles. The second-order valence-electron chi connectivity index (χ2n) is 5.24. The van der Waals surface area contributed by atoms with Crippen LogP contribution in [0.5, 0.6) is 0 Å². The van der Waals surface area contributed by atoms with Crippen LogP contribution in [0, 0.1) is 5.41 Å². The maximum Gasteiger partial charge on any atom is 0.223 e. The maximum absolute atomic E-state index is 8.98. The Morgan fingerprint density at radius 2 is 2.06 bits per heavy atom. The van der Waals surface area contributed by atoms with Crippen molar-refractivity contribution in [2.24, 2.45) is 5.41 Å². The molecular formula is C14H19N3O. The van der Waals surface area contributed by atoms with E-state index in [-0.39, 0.29) is 12.0 Å². The molecule has 1 aromatic carbocycles. The van der Waals surface area contributed by atoms with Crippen molar-refractivity contribution in [3.63, 3.8) is 0 Å². The van der Waals surface area contributed by atoms with Gasteiger partial charge >= 0.3 is 0 Å². The highest BCUT2D eigenvalue weighted by atomic mass is 16.3. The smallest absolute Gasteiger partial charge is 0.223 e. The number of aliphatic hydroxyl groups is 1. The Kier molecular flexibility index (Phi) is 3.77. The van der Waals surface area contributed by atoms with E-state index in [1.165, 1.54) is 0 Å². The maximum atomic E-state index is 8.98. The molecule has 0 saturated carbocycles. The summed E-state index contributed by atoms with van der Waals surface area (Å²) in [5.74, 6) is 0.639. The third-order valence-electron chi connectivity index (χ3n) is 3.00. The Morgan fingerprint density at radius 3 is 2.83 bits per heavy atom. The van der Waals surface area contributed by atoms with E-state index in [2.05, 4.69) is 29.1 Å². The third kappa shape index (κ3) is 3.17. The zero-order chi connectivity index (χ0) is 13.0. The quantitative estimate of drug-likeness (QED) is 0.849. The molecule has 0 atom stereocenters. The molecule has 0 bridgehead atoms. The fourth-order valence-electron chi connectivity index (χ4n) is 1.77. The van der Waals surface area contributed by atoms with Gasteiger partial charge in [0.05, 0.1) is 5.52 Å². The van der Waals surface area contributed by atoms with E-state index >= 15 is 0 Å². The van der Waals surface area contributed by atoms with Crippen LogP contribution in [-0.2, 0) is 0 Å². The minimum atomic E-state index is 0.0315. The number of anilines is 1. The predicted molar refractivity (Wildman–Crippen MR) is 73.5 cm³/mol. The molecular weight excluding hydrogens is 226 g/mol.